The maximum Gasteiger partial charge on any atom is 0.330 e. The first-order chi connectivity index (χ1) is 15.5. The number of carbonyl (C=O) groups excluding carboxylic acids is 1. The lowest BCUT2D eigenvalue weighted by Crippen LogP contribution is -2.10. The molecule has 3 aromatic carbocycles. The Labute approximate surface area is 192 Å². The highest BCUT2D eigenvalue weighted by Crippen LogP contribution is 2.36. The van der Waals surface area contributed by atoms with Crippen molar-refractivity contribution in [1.82, 2.24) is 0 Å². The van der Waals surface area contributed by atoms with Crippen LogP contribution in [0.4, 0.5) is 17.1 Å². The number of ether oxygens (including phenoxy) is 1. The molecule has 3 heteroatoms. The van der Waals surface area contributed by atoms with E-state index in [0.717, 1.165) is 42.7 Å². The molecule has 32 heavy (non-hydrogen) atoms. The average molecular weight is 428 g/mol. The Balaban J connectivity index is 1.77. The van der Waals surface area contributed by atoms with E-state index in [1.807, 2.05) is 0 Å². The number of aryl methyl sites for hydroxylation is 4. The third-order valence-corrected chi connectivity index (χ3v) is 5.73. The van der Waals surface area contributed by atoms with Crippen molar-refractivity contribution < 1.29 is 9.53 Å². The minimum atomic E-state index is -0.347. The van der Waals surface area contributed by atoms with Crippen molar-refractivity contribution in [3.05, 3.63) is 102 Å². The normalized spacial score (nSPS) is 10.6. The lowest BCUT2D eigenvalue weighted by atomic mass is 10.0. The fourth-order valence-corrected chi connectivity index (χ4v) is 3.70. The first kappa shape index (κ1) is 23.3. The molecule has 0 spiro atoms. The lowest BCUT2D eigenvalue weighted by molar-refractivity contribution is -0.137. The molecule has 0 N–H and O–H groups in total. The average Bonchev–Trinajstić information content (AvgIpc) is 2.80. The zero-order valence-corrected chi connectivity index (χ0v) is 19.4. The molecule has 0 aliphatic carbocycles. The Morgan fingerprint density at radius 2 is 1.56 bits per heavy atom. The van der Waals surface area contributed by atoms with Crippen molar-refractivity contribution in [1.29, 1.82) is 0 Å². The van der Waals surface area contributed by atoms with E-state index in [1.165, 1.54) is 28.3 Å². The molecule has 0 bridgehead atoms. The molecule has 3 nitrogen and oxygen atoms in total. The van der Waals surface area contributed by atoms with E-state index in [2.05, 4.69) is 99.0 Å². The summed E-state index contributed by atoms with van der Waals surface area (Å²) in [6.45, 7) is 10.3. The second kappa shape index (κ2) is 11.3. The van der Waals surface area contributed by atoms with Crippen LogP contribution in [0.5, 0.6) is 0 Å². The largest absolute Gasteiger partial charge is 0.463 e. The molecule has 166 valence electrons. The summed E-state index contributed by atoms with van der Waals surface area (Å²) < 4.78 is 5.05. The Kier molecular flexibility index (Phi) is 8.27. The fraction of sp³-hybridized carbons (Fsp3) is 0.276. The number of carbonyl (C=O) groups is 1. The number of hydrogen-bond acceptors (Lipinski definition) is 3. The number of benzene rings is 3. The van der Waals surface area contributed by atoms with Gasteiger partial charge in [0.2, 0.25) is 0 Å². The summed E-state index contributed by atoms with van der Waals surface area (Å²) in [6.07, 6.45) is 5.16. The van der Waals surface area contributed by atoms with Crippen molar-refractivity contribution in [3.63, 3.8) is 0 Å². The Morgan fingerprint density at radius 1 is 0.844 bits per heavy atom. The van der Waals surface area contributed by atoms with Gasteiger partial charge in [-0.1, -0.05) is 42.5 Å². The summed E-state index contributed by atoms with van der Waals surface area (Å²) in [5.41, 5.74) is 8.62. The molecular weight excluding hydrogens is 394 g/mol. The van der Waals surface area contributed by atoms with Crippen LogP contribution >= 0.6 is 0 Å². The van der Waals surface area contributed by atoms with E-state index in [9.17, 15) is 4.79 Å². The summed E-state index contributed by atoms with van der Waals surface area (Å²) in [7, 11) is 0. The van der Waals surface area contributed by atoms with Gasteiger partial charge in [-0.3, -0.25) is 0 Å². The predicted octanol–water partition coefficient (Wildman–Crippen LogP) is 7.52. The highest BCUT2D eigenvalue weighted by Gasteiger charge is 2.13. The van der Waals surface area contributed by atoms with Crippen molar-refractivity contribution in [2.75, 3.05) is 11.5 Å². The molecule has 3 rings (SSSR count). The second-order valence-electron chi connectivity index (χ2n) is 8.29. The molecule has 0 aromatic heterocycles. The Hall–Kier alpha value is -3.33. The minimum absolute atomic E-state index is 0.347. The molecule has 0 atom stereocenters. The van der Waals surface area contributed by atoms with Crippen LogP contribution in [0.2, 0.25) is 0 Å². The molecule has 0 saturated heterocycles. The third-order valence-electron chi connectivity index (χ3n) is 5.73. The van der Waals surface area contributed by atoms with E-state index < -0.39 is 0 Å². The van der Waals surface area contributed by atoms with Crippen LogP contribution in [0.1, 0.15) is 41.5 Å². The maximum atomic E-state index is 11.1. The van der Waals surface area contributed by atoms with Gasteiger partial charge in [-0.15, -0.1) is 0 Å². The number of rotatable bonds is 10. The third kappa shape index (κ3) is 6.34. The van der Waals surface area contributed by atoms with Gasteiger partial charge in [0.15, 0.2) is 0 Å². The highest BCUT2D eigenvalue weighted by molar-refractivity contribution is 5.81. The van der Waals surface area contributed by atoms with Crippen LogP contribution in [0.3, 0.4) is 0 Å². The number of hydrogen-bond donors (Lipinski definition) is 0. The summed E-state index contributed by atoms with van der Waals surface area (Å²) in [5, 5.41) is 0. The monoisotopic (exact) mass is 427 g/mol. The predicted molar refractivity (Wildman–Crippen MR) is 134 cm³/mol. The summed E-state index contributed by atoms with van der Waals surface area (Å²) in [5.74, 6) is -0.347. The van der Waals surface area contributed by atoms with Crippen molar-refractivity contribution in [2.24, 2.45) is 0 Å². The molecular formula is C29H33NO2. The Morgan fingerprint density at radius 3 is 2.28 bits per heavy atom. The van der Waals surface area contributed by atoms with Crippen LogP contribution in [0.25, 0.3) is 0 Å². The van der Waals surface area contributed by atoms with Gasteiger partial charge >= 0.3 is 5.97 Å². The number of nitrogens with zero attached hydrogens (tertiary/aromatic N) is 1. The Bertz CT molecular complexity index is 1050. The van der Waals surface area contributed by atoms with Gasteiger partial charge in [0.25, 0.3) is 0 Å². The summed E-state index contributed by atoms with van der Waals surface area (Å²) in [4.78, 5) is 13.4. The summed E-state index contributed by atoms with van der Waals surface area (Å²) >= 11 is 0. The van der Waals surface area contributed by atoms with E-state index in [0.29, 0.717) is 6.61 Å². The van der Waals surface area contributed by atoms with E-state index >= 15 is 0 Å². The van der Waals surface area contributed by atoms with Crippen molar-refractivity contribution in [2.45, 2.75) is 46.5 Å². The van der Waals surface area contributed by atoms with E-state index in [4.69, 9.17) is 4.74 Å². The van der Waals surface area contributed by atoms with Crippen LogP contribution < -0.4 is 4.90 Å². The van der Waals surface area contributed by atoms with Gasteiger partial charge in [0.05, 0.1) is 6.61 Å². The molecule has 0 heterocycles. The van der Waals surface area contributed by atoms with Crippen LogP contribution in [-0.2, 0) is 16.0 Å². The second-order valence-corrected chi connectivity index (χ2v) is 8.29. The van der Waals surface area contributed by atoms with Gasteiger partial charge in [0.1, 0.15) is 0 Å². The molecule has 0 radical (unpaired) electrons. The molecule has 0 aliphatic rings. The van der Waals surface area contributed by atoms with Crippen molar-refractivity contribution >= 4 is 23.0 Å². The van der Waals surface area contributed by atoms with Gasteiger partial charge in [-0.2, -0.15) is 0 Å². The molecule has 0 amide bonds. The smallest absolute Gasteiger partial charge is 0.330 e. The van der Waals surface area contributed by atoms with Crippen LogP contribution in [-0.4, -0.2) is 12.6 Å². The fourth-order valence-electron chi connectivity index (χ4n) is 3.70. The highest BCUT2D eigenvalue weighted by atomic mass is 16.5. The van der Waals surface area contributed by atoms with Gasteiger partial charge < -0.3 is 9.64 Å². The lowest BCUT2D eigenvalue weighted by Gasteiger charge is -2.26. The minimum Gasteiger partial charge on any atom is -0.463 e. The maximum absolute atomic E-state index is 11.1. The first-order valence-corrected chi connectivity index (χ1v) is 11.3. The molecule has 0 saturated carbocycles. The summed E-state index contributed by atoms with van der Waals surface area (Å²) in [6, 6.07) is 24.1. The molecule has 0 fully saturated rings. The number of unbranched alkanes of at least 4 members (excludes halogenated alkanes) is 2. The van der Waals surface area contributed by atoms with Gasteiger partial charge in [0, 0.05) is 23.1 Å². The van der Waals surface area contributed by atoms with E-state index in [1.54, 1.807) is 0 Å². The topological polar surface area (TPSA) is 29.5 Å². The van der Waals surface area contributed by atoms with E-state index in [-0.39, 0.29) is 5.97 Å². The molecule has 0 unspecified atom stereocenters. The molecule has 3 aromatic rings. The van der Waals surface area contributed by atoms with Crippen LogP contribution in [0, 0.1) is 20.8 Å². The first-order valence-electron chi connectivity index (χ1n) is 11.3. The molecule has 0 aliphatic heterocycles. The zero-order chi connectivity index (χ0) is 22.9. The number of esters is 1. The van der Waals surface area contributed by atoms with Crippen LogP contribution in [0.15, 0.2) is 79.4 Å². The van der Waals surface area contributed by atoms with Crippen molar-refractivity contribution in [3.8, 4) is 0 Å². The number of anilines is 3. The SMILES string of the molecule is C=CC(=O)OCCCCCc1cccc(N(c2ccc(C)cc2)c2ccc(C)c(C)c2)c1. The van der Waals surface area contributed by atoms with Gasteiger partial charge in [-0.25, -0.2) is 4.79 Å². The standard InChI is InChI=1S/C29H33NO2/c1-5-29(31)32-19-8-6-7-10-25-11-9-12-27(21-25)30(26-16-13-22(2)14-17-26)28-18-15-23(3)24(4)20-28/h5,9,11-18,20-21H,1,6-8,10,19H2,2-4H3. The van der Waals surface area contributed by atoms with Gasteiger partial charge in [-0.05, 0) is 99.5 Å². The zero-order valence-electron chi connectivity index (χ0n) is 19.4. The quantitative estimate of drug-likeness (QED) is 0.190.